The lowest BCUT2D eigenvalue weighted by molar-refractivity contribution is -0.137. The van der Waals surface area contributed by atoms with Gasteiger partial charge in [0.25, 0.3) is 0 Å². The summed E-state index contributed by atoms with van der Waals surface area (Å²) in [6, 6.07) is -0.497. The number of carboxylic acids is 1. The van der Waals surface area contributed by atoms with Crippen LogP contribution in [-0.2, 0) is 9.59 Å². The number of imide groups is 1. The number of carboxylic acid groups (broad SMARTS) is 1. The first-order chi connectivity index (χ1) is 9.31. The highest BCUT2D eigenvalue weighted by atomic mass is 16.4. The second-order valence-electron chi connectivity index (χ2n) is 5.49. The minimum Gasteiger partial charge on any atom is -0.481 e. The van der Waals surface area contributed by atoms with Crippen LogP contribution in [0.25, 0.3) is 0 Å². The highest BCUT2D eigenvalue weighted by Gasteiger charge is 2.11. The first-order valence-corrected chi connectivity index (χ1v) is 7.13. The van der Waals surface area contributed by atoms with Gasteiger partial charge in [0.05, 0.1) is 0 Å². The molecule has 0 saturated carbocycles. The molecule has 6 nitrogen and oxygen atoms in total. The average Bonchev–Trinajstić information content (AvgIpc) is 2.26. The third-order valence-corrected chi connectivity index (χ3v) is 2.84. The Kier molecular flexibility index (Phi) is 9.41. The summed E-state index contributed by atoms with van der Waals surface area (Å²) in [4.78, 5) is 33.1. The molecule has 0 aliphatic heterocycles. The maximum atomic E-state index is 11.5. The van der Waals surface area contributed by atoms with Crippen LogP contribution in [0.1, 0.15) is 59.3 Å². The quantitative estimate of drug-likeness (QED) is 0.606. The fourth-order valence-electron chi connectivity index (χ4n) is 1.75. The van der Waals surface area contributed by atoms with Crippen LogP contribution in [0.5, 0.6) is 0 Å². The normalized spacial score (nSPS) is 12.0. The summed E-state index contributed by atoms with van der Waals surface area (Å²) >= 11 is 0. The predicted octanol–water partition coefficient (Wildman–Crippen LogP) is 2.28. The number of carbonyl (C=O) groups is 3. The molecule has 0 bridgehead atoms. The Hall–Kier alpha value is -1.59. The topological polar surface area (TPSA) is 95.5 Å². The fraction of sp³-hybridized carbons (Fsp3) is 0.786. The van der Waals surface area contributed by atoms with Gasteiger partial charge in [-0.1, -0.05) is 26.7 Å². The molecule has 20 heavy (non-hydrogen) atoms. The van der Waals surface area contributed by atoms with Crippen molar-refractivity contribution in [1.29, 1.82) is 0 Å². The molecular formula is C14H26N2O4. The van der Waals surface area contributed by atoms with Crippen LogP contribution >= 0.6 is 0 Å². The van der Waals surface area contributed by atoms with Gasteiger partial charge >= 0.3 is 12.0 Å². The second kappa shape index (κ2) is 10.2. The number of hydrogen-bond donors (Lipinski definition) is 3. The van der Waals surface area contributed by atoms with Crippen molar-refractivity contribution in [3.05, 3.63) is 0 Å². The molecule has 0 heterocycles. The number of hydrogen-bond acceptors (Lipinski definition) is 3. The highest BCUT2D eigenvalue weighted by molar-refractivity contribution is 5.94. The van der Waals surface area contributed by atoms with Crippen molar-refractivity contribution in [2.75, 3.05) is 0 Å². The third kappa shape index (κ3) is 11.5. The second-order valence-corrected chi connectivity index (χ2v) is 5.49. The van der Waals surface area contributed by atoms with Crippen molar-refractivity contribution in [1.82, 2.24) is 10.6 Å². The Balaban J connectivity index is 3.75. The van der Waals surface area contributed by atoms with Crippen LogP contribution in [0.3, 0.4) is 0 Å². The standard InChI is InChI=1S/C14H26N2O4/c1-10(2)6-4-7-11(3)15-14(20)16-12(17)8-5-9-13(18)19/h10-11H,4-9H2,1-3H3,(H,18,19)(H2,15,16,17,20). The van der Waals surface area contributed by atoms with Gasteiger partial charge < -0.3 is 10.4 Å². The van der Waals surface area contributed by atoms with E-state index in [0.717, 1.165) is 19.3 Å². The van der Waals surface area contributed by atoms with E-state index >= 15 is 0 Å². The Morgan fingerprint density at radius 3 is 2.20 bits per heavy atom. The number of rotatable bonds is 9. The number of urea groups is 1. The fourth-order valence-corrected chi connectivity index (χ4v) is 1.75. The van der Waals surface area contributed by atoms with Crippen molar-refractivity contribution in [3.8, 4) is 0 Å². The van der Waals surface area contributed by atoms with Crippen molar-refractivity contribution in [2.45, 2.75) is 65.3 Å². The van der Waals surface area contributed by atoms with Crippen LogP contribution in [0, 0.1) is 5.92 Å². The predicted molar refractivity (Wildman–Crippen MR) is 76.3 cm³/mol. The summed E-state index contributed by atoms with van der Waals surface area (Å²) in [5, 5.41) is 13.3. The lowest BCUT2D eigenvalue weighted by Gasteiger charge is -2.14. The summed E-state index contributed by atoms with van der Waals surface area (Å²) in [6.07, 6.45) is 3.23. The number of nitrogens with one attached hydrogen (secondary N) is 2. The molecule has 0 fully saturated rings. The molecule has 0 aliphatic carbocycles. The summed E-state index contributed by atoms with van der Waals surface area (Å²) in [6.45, 7) is 6.20. The van der Waals surface area contributed by atoms with Gasteiger partial charge in [0.1, 0.15) is 0 Å². The molecule has 0 aliphatic rings. The van der Waals surface area contributed by atoms with Crippen LogP contribution in [0.2, 0.25) is 0 Å². The van der Waals surface area contributed by atoms with E-state index in [4.69, 9.17) is 5.11 Å². The van der Waals surface area contributed by atoms with Crippen LogP contribution in [0.4, 0.5) is 4.79 Å². The van der Waals surface area contributed by atoms with Gasteiger partial charge in [-0.05, 0) is 25.7 Å². The maximum Gasteiger partial charge on any atom is 0.321 e. The number of amides is 3. The van der Waals surface area contributed by atoms with E-state index < -0.39 is 17.9 Å². The smallest absolute Gasteiger partial charge is 0.321 e. The largest absolute Gasteiger partial charge is 0.481 e. The summed E-state index contributed by atoms with van der Waals surface area (Å²) in [5.74, 6) is -0.744. The van der Waals surface area contributed by atoms with Gasteiger partial charge in [0.2, 0.25) is 5.91 Å². The molecule has 0 spiro atoms. The molecule has 6 heteroatoms. The van der Waals surface area contributed by atoms with Gasteiger partial charge in [-0.3, -0.25) is 14.9 Å². The van der Waals surface area contributed by atoms with E-state index in [2.05, 4.69) is 24.5 Å². The summed E-state index contributed by atoms with van der Waals surface area (Å²) in [5.41, 5.74) is 0. The minimum absolute atomic E-state index is 0.0144. The molecule has 116 valence electrons. The molecule has 0 aromatic rings. The van der Waals surface area contributed by atoms with Gasteiger partial charge in [-0.25, -0.2) is 4.79 Å². The summed E-state index contributed by atoms with van der Waals surface area (Å²) in [7, 11) is 0. The van der Waals surface area contributed by atoms with Gasteiger partial charge in [-0.2, -0.15) is 0 Å². The van der Waals surface area contributed by atoms with E-state index in [0.29, 0.717) is 5.92 Å². The monoisotopic (exact) mass is 286 g/mol. The van der Waals surface area contributed by atoms with E-state index in [9.17, 15) is 14.4 Å². The first-order valence-electron chi connectivity index (χ1n) is 7.13. The SMILES string of the molecule is CC(C)CCCC(C)NC(=O)NC(=O)CCCC(=O)O. The van der Waals surface area contributed by atoms with Crippen molar-refractivity contribution in [2.24, 2.45) is 5.92 Å². The van der Waals surface area contributed by atoms with Crippen LogP contribution in [-0.4, -0.2) is 29.1 Å². The zero-order valence-corrected chi connectivity index (χ0v) is 12.6. The molecule has 3 N–H and O–H groups in total. The molecule has 1 unspecified atom stereocenters. The van der Waals surface area contributed by atoms with Gasteiger partial charge in [0.15, 0.2) is 0 Å². The zero-order chi connectivity index (χ0) is 15.5. The van der Waals surface area contributed by atoms with E-state index in [1.807, 2.05) is 6.92 Å². The molecule has 0 aromatic carbocycles. The van der Waals surface area contributed by atoms with Gasteiger partial charge in [0, 0.05) is 18.9 Å². The van der Waals surface area contributed by atoms with Crippen molar-refractivity contribution < 1.29 is 19.5 Å². The van der Waals surface area contributed by atoms with E-state index in [-0.39, 0.29) is 25.3 Å². The maximum absolute atomic E-state index is 11.5. The molecule has 1 atom stereocenters. The number of aliphatic carboxylic acids is 1. The van der Waals surface area contributed by atoms with Gasteiger partial charge in [-0.15, -0.1) is 0 Å². The van der Waals surface area contributed by atoms with Crippen LogP contribution in [0.15, 0.2) is 0 Å². The Labute approximate surface area is 120 Å². The molecule has 0 saturated heterocycles. The van der Waals surface area contributed by atoms with E-state index in [1.54, 1.807) is 0 Å². The summed E-state index contributed by atoms with van der Waals surface area (Å²) < 4.78 is 0. The molecule has 3 amide bonds. The third-order valence-electron chi connectivity index (χ3n) is 2.84. The minimum atomic E-state index is -0.943. The Morgan fingerprint density at radius 1 is 1.00 bits per heavy atom. The average molecular weight is 286 g/mol. The van der Waals surface area contributed by atoms with Crippen molar-refractivity contribution in [3.63, 3.8) is 0 Å². The lowest BCUT2D eigenvalue weighted by atomic mass is 10.0. The first kappa shape index (κ1) is 18.4. The Bertz CT molecular complexity index is 329. The van der Waals surface area contributed by atoms with Crippen molar-refractivity contribution >= 4 is 17.9 Å². The molecule has 0 aromatic heterocycles. The van der Waals surface area contributed by atoms with Crippen LogP contribution < -0.4 is 10.6 Å². The zero-order valence-electron chi connectivity index (χ0n) is 12.6. The molecule has 0 radical (unpaired) electrons. The Morgan fingerprint density at radius 2 is 1.65 bits per heavy atom. The molecule has 0 rings (SSSR count). The van der Waals surface area contributed by atoms with E-state index in [1.165, 1.54) is 0 Å². The number of carbonyl (C=O) groups excluding carboxylic acids is 2. The molecular weight excluding hydrogens is 260 g/mol. The lowest BCUT2D eigenvalue weighted by Crippen LogP contribution is -2.43. The highest BCUT2D eigenvalue weighted by Crippen LogP contribution is 2.08.